The zero-order valence-electron chi connectivity index (χ0n) is 12.9. The number of nitrogens with zero attached hydrogens (tertiary/aromatic N) is 4. The Balaban J connectivity index is 1.99. The van der Waals surface area contributed by atoms with Crippen LogP contribution < -0.4 is 14.2 Å². The Kier molecular flexibility index (Phi) is 3.58. The normalized spacial score (nSPS) is 14.8. The molecule has 0 aliphatic carbocycles. The minimum atomic E-state index is -0.781. The SMILES string of the molecule is COc1ccc(OC2=NC(C)(C)Oc3ccc(C#N)cc32)nn1. The van der Waals surface area contributed by atoms with Crippen LogP contribution in [0.2, 0.25) is 0 Å². The van der Waals surface area contributed by atoms with Gasteiger partial charge in [-0.2, -0.15) is 5.26 Å². The second kappa shape index (κ2) is 5.57. The molecule has 0 unspecified atom stereocenters. The fourth-order valence-electron chi connectivity index (χ4n) is 2.10. The molecule has 1 aliphatic rings. The van der Waals surface area contributed by atoms with Crippen molar-refractivity contribution in [2.24, 2.45) is 4.99 Å². The molecule has 0 N–H and O–H groups in total. The zero-order chi connectivity index (χ0) is 16.4. The van der Waals surface area contributed by atoms with Crippen LogP contribution in [-0.4, -0.2) is 28.9 Å². The van der Waals surface area contributed by atoms with Crippen LogP contribution in [0, 0.1) is 11.3 Å². The van der Waals surface area contributed by atoms with Crippen molar-refractivity contribution in [1.82, 2.24) is 10.2 Å². The largest absolute Gasteiger partial charge is 0.480 e. The summed E-state index contributed by atoms with van der Waals surface area (Å²) in [7, 11) is 1.51. The van der Waals surface area contributed by atoms with E-state index in [9.17, 15) is 0 Å². The summed E-state index contributed by atoms with van der Waals surface area (Å²) < 4.78 is 16.5. The Labute approximate surface area is 133 Å². The zero-order valence-corrected chi connectivity index (χ0v) is 12.9. The van der Waals surface area contributed by atoms with E-state index >= 15 is 0 Å². The van der Waals surface area contributed by atoms with E-state index in [1.165, 1.54) is 7.11 Å². The first-order chi connectivity index (χ1) is 11.0. The molecule has 0 radical (unpaired) electrons. The second-order valence-corrected chi connectivity index (χ2v) is 5.30. The predicted molar refractivity (Wildman–Crippen MR) is 81.6 cm³/mol. The summed E-state index contributed by atoms with van der Waals surface area (Å²) >= 11 is 0. The van der Waals surface area contributed by atoms with Crippen LogP contribution in [-0.2, 0) is 0 Å². The van der Waals surface area contributed by atoms with Gasteiger partial charge in [0.2, 0.25) is 17.7 Å². The Morgan fingerprint density at radius 3 is 2.52 bits per heavy atom. The summed E-state index contributed by atoms with van der Waals surface area (Å²) in [5.74, 6) is 1.59. The first-order valence-corrected chi connectivity index (χ1v) is 6.90. The van der Waals surface area contributed by atoms with Gasteiger partial charge in [0.25, 0.3) is 0 Å². The summed E-state index contributed by atoms with van der Waals surface area (Å²) in [5.41, 5.74) is 0.307. The van der Waals surface area contributed by atoms with Gasteiger partial charge in [0.15, 0.2) is 5.72 Å². The Bertz CT molecular complexity index is 807. The summed E-state index contributed by atoms with van der Waals surface area (Å²) in [6.07, 6.45) is 0. The molecule has 0 saturated heterocycles. The van der Waals surface area contributed by atoms with Crippen molar-refractivity contribution in [2.75, 3.05) is 7.11 Å². The Morgan fingerprint density at radius 2 is 1.87 bits per heavy atom. The van der Waals surface area contributed by atoms with E-state index in [1.54, 1.807) is 30.3 Å². The second-order valence-electron chi connectivity index (χ2n) is 5.30. The van der Waals surface area contributed by atoms with Gasteiger partial charge >= 0.3 is 0 Å². The van der Waals surface area contributed by atoms with Gasteiger partial charge in [-0.05, 0) is 32.0 Å². The van der Waals surface area contributed by atoms with E-state index in [1.807, 2.05) is 13.8 Å². The van der Waals surface area contributed by atoms with Gasteiger partial charge in [-0.25, -0.2) is 4.99 Å². The number of aromatic nitrogens is 2. The van der Waals surface area contributed by atoms with E-state index in [4.69, 9.17) is 19.5 Å². The van der Waals surface area contributed by atoms with E-state index < -0.39 is 5.72 Å². The van der Waals surface area contributed by atoms with Crippen molar-refractivity contribution < 1.29 is 14.2 Å². The lowest BCUT2D eigenvalue weighted by atomic mass is 10.1. The van der Waals surface area contributed by atoms with E-state index in [0.717, 1.165) is 0 Å². The number of aliphatic imine (C=N–C) groups is 1. The van der Waals surface area contributed by atoms with Gasteiger partial charge in [0.1, 0.15) is 5.75 Å². The van der Waals surface area contributed by atoms with E-state index in [-0.39, 0.29) is 5.88 Å². The van der Waals surface area contributed by atoms with Crippen LogP contribution in [0.1, 0.15) is 25.0 Å². The third-order valence-corrected chi connectivity index (χ3v) is 3.10. The van der Waals surface area contributed by atoms with Crippen molar-refractivity contribution in [2.45, 2.75) is 19.6 Å². The Morgan fingerprint density at radius 1 is 1.13 bits per heavy atom. The maximum Gasteiger partial charge on any atom is 0.241 e. The molecule has 0 fully saturated rings. The molecule has 0 saturated carbocycles. The van der Waals surface area contributed by atoms with Gasteiger partial charge in [0, 0.05) is 12.1 Å². The van der Waals surface area contributed by atoms with Crippen LogP contribution in [0.25, 0.3) is 0 Å². The first kappa shape index (κ1) is 14.8. The highest BCUT2D eigenvalue weighted by molar-refractivity contribution is 5.99. The minimum absolute atomic E-state index is 0.274. The molecule has 0 atom stereocenters. The standard InChI is InChI=1S/C16H14N4O3/c1-16(2)18-15(22-14-7-6-13(21-3)19-20-14)11-8-10(9-17)4-5-12(11)23-16/h4-8H,1-3H3. The molecule has 2 heterocycles. The van der Waals surface area contributed by atoms with Gasteiger partial charge < -0.3 is 14.2 Å². The fourth-order valence-corrected chi connectivity index (χ4v) is 2.10. The van der Waals surface area contributed by atoms with Gasteiger partial charge in [-0.15, -0.1) is 10.2 Å². The van der Waals surface area contributed by atoms with Gasteiger partial charge in [-0.3, -0.25) is 0 Å². The molecule has 1 aliphatic heterocycles. The average Bonchev–Trinajstić information content (AvgIpc) is 2.54. The predicted octanol–water partition coefficient (Wildman–Crippen LogP) is 2.31. The van der Waals surface area contributed by atoms with Crippen LogP contribution in [0.4, 0.5) is 0 Å². The number of benzene rings is 1. The number of fused-ring (bicyclic) bond motifs is 1. The van der Waals surface area contributed by atoms with Crippen molar-refractivity contribution in [1.29, 1.82) is 5.26 Å². The number of hydrogen-bond donors (Lipinski definition) is 0. The number of hydrogen-bond acceptors (Lipinski definition) is 7. The molecule has 0 spiro atoms. The van der Waals surface area contributed by atoms with E-state index in [0.29, 0.717) is 28.7 Å². The quantitative estimate of drug-likeness (QED) is 0.845. The average molecular weight is 310 g/mol. The smallest absolute Gasteiger partial charge is 0.241 e. The van der Waals surface area contributed by atoms with E-state index in [2.05, 4.69) is 21.3 Å². The molecule has 116 valence electrons. The fraction of sp³-hybridized carbons (Fsp3) is 0.250. The number of ether oxygens (including phenoxy) is 3. The van der Waals surface area contributed by atoms with Crippen LogP contribution in [0.3, 0.4) is 0 Å². The molecule has 3 rings (SSSR count). The van der Waals surface area contributed by atoms with Gasteiger partial charge in [0.05, 0.1) is 24.3 Å². The first-order valence-electron chi connectivity index (χ1n) is 6.90. The monoisotopic (exact) mass is 310 g/mol. The summed E-state index contributed by atoms with van der Waals surface area (Å²) in [6.45, 7) is 3.63. The lowest BCUT2D eigenvalue weighted by Gasteiger charge is -2.29. The van der Waals surface area contributed by atoms with Crippen molar-refractivity contribution in [3.8, 4) is 23.6 Å². The summed E-state index contributed by atoms with van der Waals surface area (Å²) in [5, 5.41) is 16.8. The number of methoxy groups -OCH3 is 1. The molecule has 1 aromatic carbocycles. The van der Waals surface area contributed by atoms with Crippen molar-refractivity contribution in [3.63, 3.8) is 0 Å². The molecular weight excluding hydrogens is 296 g/mol. The van der Waals surface area contributed by atoms with Crippen LogP contribution in [0.5, 0.6) is 17.5 Å². The highest BCUT2D eigenvalue weighted by Crippen LogP contribution is 2.31. The molecule has 0 amide bonds. The van der Waals surface area contributed by atoms with Gasteiger partial charge in [-0.1, -0.05) is 0 Å². The lowest BCUT2D eigenvalue weighted by molar-refractivity contribution is 0.111. The topological polar surface area (TPSA) is 89.6 Å². The maximum atomic E-state index is 9.07. The third kappa shape index (κ3) is 3.06. The highest BCUT2D eigenvalue weighted by Gasteiger charge is 2.30. The lowest BCUT2D eigenvalue weighted by Crippen LogP contribution is -2.34. The molecule has 7 nitrogen and oxygen atoms in total. The number of rotatable bonds is 2. The minimum Gasteiger partial charge on any atom is -0.480 e. The van der Waals surface area contributed by atoms with Crippen molar-refractivity contribution in [3.05, 3.63) is 41.5 Å². The molecule has 0 bridgehead atoms. The number of nitriles is 1. The summed E-state index contributed by atoms with van der Waals surface area (Å²) in [4.78, 5) is 4.43. The molecule has 23 heavy (non-hydrogen) atoms. The van der Waals surface area contributed by atoms with Crippen molar-refractivity contribution >= 4 is 5.90 Å². The maximum absolute atomic E-state index is 9.07. The van der Waals surface area contributed by atoms with Crippen LogP contribution >= 0.6 is 0 Å². The Hall–Kier alpha value is -3.14. The molecule has 2 aromatic rings. The molecular formula is C16H14N4O3. The molecule has 1 aromatic heterocycles. The molecule has 7 heteroatoms. The van der Waals surface area contributed by atoms with Crippen LogP contribution in [0.15, 0.2) is 35.3 Å². The summed E-state index contributed by atoms with van der Waals surface area (Å²) in [6, 6.07) is 10.4. The third-order valence-electron chi connectivity index (χ3n) is 3.10. The highest BCUT2D eigenvalue weighted by atomic mass is 16.5.